The molecule has 9 nitrogen and oxygen atoms in total. The molecule has 0 heterocycles. The number of rotatable bonds is 29. The standard InChI is InChI=1S/C31H62NO8P/c1-6-8-9-10-11-12-13-14-15-16-17-18-19-20-21-22-24-30(33)37-27-29(40-31(34)23-7-2)28-39-41(35,36)38-26-25-32(3,4)5/h29H,6-28H2,1-5H3/t29-/m1/s1. The van der Waals surface area contributed by atoms with Crippen LogP contribution in [0.5, 0.6) is 0 Å². The molecular weight excluding hydrogens is 545 g/mol. The van der Waals surface area contributed by atoms with E-state index in [4.69, 9.17) is 18.5 Å². The fourth-order valence-corrected chi connectivity index (χ4v) is 5.01. The Hall–Kier alpha value is -0.990. The molecule has 0 fully saturated rings. The Morgan fingerprint density at radius 1 is 0.659 bits per heavy atom. The molecule has 0 aromatic heterocycles. The summed E-state index contributed by atoms with van der Waals surface area (Å²) in [5, 5.41) is 0. The predicted octanol–water partition coefficient (Wildman–Crippen LogP) is 7.10. The van der Waals surface area contributed by atoms with Crippen LogP contribution in [0, 0.1) is 0 Å². The maximum absolute atomic E-state index is 12.2. The number of ether oxygens (including phenoxy) is 2. The van der Waals surface area contributed by atoms with Crippen molar-refractivity contribution in [2.75, 3.05) is 47.5 Å². The van der Waals surface area contributed by atoms with Crippen molar-refractivity contribution in [3.05, 3.63) is 0 Å². The van der Waals surface area contributed by atoms with Gasteiger partial charge in [-0.25, -0.2) is 0 Å². The first kappa shape index (κ1) is 40.0. The summed E-state index contributed by atoms with van der Waals surface area (Å²) in [6.45, 7) is 3.81. The van der Waals surface area contributed by atoms with Crippen molar-refractivity contribution >= 4 is 19.8 Å². The van der Waals surface area contributed by atoms with Gasteiger partial charge in [-0.3, -0.25) is 14.2 Å². The van der Waals surface area contributed by atoms with Crippen molar-refractivity contribution < 1.29 is 42.1 Å². The topological polar surface area (TPSA) is 111 Å². The van der Waals surface area contributed by atoms with E-state index in [-0.39, 0.29) is 26.1 Å². The predicted molar refractivity (Wildman–Crippen MR) is 162 cm³/mol. The van der Waals surface area contributed by atoms with Crippen molar-refractivity contribution in [1.29, 1.82) is 0 Å². The molecule has 0 N–H and O–H groups in total. The van der Waals surface area contributed by atoms with Crippen molar-refractivity contribution in [2.45, 2.75) is 142 Å². The van der Waals surface area contributed by atoms with Crippen LogP contribution in [0.2, 0.25) is 0 Å². The largest absolute Gasteiger partial charge is 0.756 e. The first-order valence-electron chi connectivity index (χ1n) is 16.2. The molecule has 0 radical (unpaired) electrons. The van der Waals surface area contributed by atoms with E-state index in [1.54, 1.807) is 0 Å². The van der Waals surface area contributed by atoms with Crippen LogP contribution in [0.25, 0.3) is 0 Å². The van der Waals surface area contributed by atoms with Crippen molar-refractivity contribution in [1.82, 2.24) is 0 Å². The molecule has 0 aliphatic carbocycles. The van der Waals surface area contributed by atoms with Crippen molar-refractivity contribution in [2.24, 2.45) is 0 Å². The van der Waals surface area contributed by atoms with Gasteiger partial charge in [0, 0.05) is 12.8 Å². The van der Waals surface area contributed by atoms with Gasteiger partial charge in [0.15, 0.2) is 6.10 Å². The number of hydrogen-bond acceptors (Lipinski definition) is 8. The molecule has 0 bridgehead atoms. The summed E-state index contributed by atoms with van der Waals surface area (Å²) in [5.41, 5.74) is 0. The maximum Gasteiger partial charge on any atom is 0.306 e. The lowest BCUT2D eigenvalue weighted by Gasteiger charge is -2.28. The van der Waals surface area contributed by atoms with Crippen molar-refractivity contribution in [3.8, 4) is 0 Å². The van der Waals surface area contributed by atoms with Gasteiger partial charge < -0.3 is 27.9 Å². The van der Waals surface area contributed by atoms with Gasteiger partial charge in [-0.15, -0.1) is 0 Å². The second kappa shape index (κ2) is 25.5. The number of carbonyl (C=O) groups excluding carboxylic acids is 2. The van der Waals surface area contributed by atoms with Crippen LogP contribution in [0.4, 0.5) is 0 Å². The third-order valence-electron chi connectivity index (χ3n) is 6.85. The number of phosphoric ester groups is 1. The number of phosphoric acid groups is 1. The van der Waals surface area contributed by atoms with E-state index in [1.807, 2.05) is 28.1 Å². The van der Waals surface area contributed by atoms with E-state index >= 15 is 0 Å². The zero-order valence-electron chi connectivity index (χ0n) is 27.0. The molecule has 0 saturated carbocycles. The van der Waals surface area contributed by atoms with E-state index in [9.17, 15) is 19.0 Å². The molecule has 1 unspecified atom stereocenters. The monoisotopic (exact) mass is 607 g/mol. The summed E-state index contributed by atoms with van der Waals surface area (Å²) in [6, 6.07) is 0. The average molecular weight is 608 g/mol. The number of unbranched alkanes of at least 4 members (excludes halogenated alkanes) is 15. The lowest BCUT2D eigenvalue weighted by Crippen LogP contribution is -2.37. The summed E-state index contributed by atoms with van der Waals surface area (Å²) in [5.74, 6) is -0.891. The van der Waals surface area contributed by atoms with Crippen LogP contribution in [-0.2, 0) is 32.7 Å². The minimum Gasteiger partial charge on any atom is -0.756 e. The smallest absolute Gasteiger partial charge is 0.306 e. The molecule has 10 heteroatoms. The quantitative estimate of drug-likeness (QED) is 0.0383. The highest BCUT2D eigenvalue weighted by Gasteiger charge is 2.21. The highest BCUT2D eigenvalue weighted by atomic mass is 31.2. The molecule has 0 aliphatic rings. The Morgan fingerprint density at radius 3 is 1.61 bits per heavy atom. The van der Waals surface area contributed by atoms with E-state index in [0.29, 0.717) is 17.4 Å². The summed E-state index contributed by atoms with van der Waals surface area (Å²) in [7, 11) is 1.16. The summed E-state index contributed by atoms with van der Waals surface area (Å²) >= 11 is 0. The fourth-order valence-electron chi connectivity index (χ4n) is 4.28. The molecule has 0 rings (SSSR count). The third kappa shape index (κ3) is 28.9. The minimum absolute atomic E-state index is 0.0289. The van der Waals surface area contributed by atoms with Gasteiger partial charge in [0.25, 0.3) is 7.82 Å². The Bertz CT molecular complexity index is 698. The van der Waals surface area contributed by atoms with Gasteiger partial charge in [0.1, 0.15) is 19.8 Å². The number of quaternary nitrogens is 1. The third-order valence-corrected chi connectivity index (χ3v) is 7.81. The van der Waals surface area contributed by atoms with Crippen LogP contribution in [0.15, 0.2) is 0 Å². The normalized spacial score (nSPS) is 14.0. The number of hydrogen-bond donors (Lipinski definition) is 0. The molecule has 0 aliphatic heterocycles. The minimum atomic E-state index is -4.58. The van der Waals surface area contributed by atoms with Crippen molar-refractivity contribution in [3.63, 3.8) is 0 Å². The van der Waals surface area contributed by atoms with E-state index in [2.05, 4.69) is 6.92 Å². The second-order valence-corrected chi connectivity index (χ2v) is 13.6. The van der Waals surface area contributed by atoms with Gasteiger partial charge in [-0.1, -0.05) is 110 Å². The van der Waals surface area contributed by atoms with Crippen LogP contribution >= 0.6 is 7.82 Å². The summed E-state index contributed by atoms with van der Waals surface area (Å²) < 4.78 is 32.9. The molecule has 0 amide bonds. The highest BCUT2D eigenvalue weighted by molar-refractivity contribution is 7.45. The Kier molecular flexibility index (Phi) is 24.9. The molecule has 0 aromatic rings. The first-order chi connectivity index (χ1) is 19.5. The van der Waals surface area contributed by atoms with Gasteiger partial charge in [-0.05, 0) is 12.8 Å². The summed E-state index contributed by atoms with van der Waals surface area (Å²) in [6.07, 6.45) is 20.2. The second-order valence-electron chi connectivity index (χ2n) is 12.2. The molecule has 0 spiro atoms. The van der Waals surface area contributed by atoms with E-state index in [0.717, 1.165) is 19.3 Å². The maximum atomic E-state index is 12.2. The Balaban J connectivity index is 4.01. The van der Waals surface area contributed by atoms with E-state index in [1.165, 1.54) is 83.5 Å². The highest BCUT2D eigenvalue weighted by Crippen LogP contribution is 2.38. The van der Waals surface area contributed by atoms with Gasteiger partial charge in [0.05, 0.1) is 27.7 Å². The number of likely N-dealkylation sites (N-methyl/N-ethyl adjacent to an activating group) is 1. The Labute approximate surface area is 251 Å². The number of esters is 2. The zero-order valence-corrected chi connectivity index (χ0v) is 27.9. The van der Waals surface area contributed by atoms with Crippen LogP contribution in [0.1, 0.15) is 136 Å². The fraction of sp³-hybridized carbons (Fsp3) is 0.935. The molecule has 2 atom stereocenters. The first-order valence-corrected chi connectivity index (χ1v) is 17.7. The van der Waals surface area contributed by atoms with Gasteiger partial charge in [-0.2, -0.15) is 0 Å². The molecular formula is C31H62NO8P. The Morgan fingerprint density at radius 2 is 1.15 bits per heavy atom. The van der Waals surface area contributed by atoms with Crippen LogP contribution in [0.3, 0.4) is 0 Å². The number of carbonyl (C=O) groups is 2. The SMILES string of the molecule is CCCCCCCCCCCCCCCCCCC(=O)OC[C@H](COP(=O)([O-])OCC[N+](C)(C)C)OC(=O)CCC. The van der Waals surface area contributed by atoms with Crippen LogP contribution in [-0.4, -0.2) is 70.0 Å². The molecule has 0 saturated heterocycles. The molecule has 0 aromatic carbocycles. The lowest BCUT2D eigenvalue weighted by atomic mass is 10.0. The number of nitrogens with zero attached hydrogens (tertiary/aromatic N) is 1. The zero-order chi connectivity index (χ0) is 30.8. The molecule has 41 heavy (non-hydrogen) atoms. The van der Waals surface area contributed by atoms with Gasteiger partial charge >= 0.3 is 11.9 Å². The molecule has 244 valence electrons. The summed E-state index contributed by atoms with van der Waals surface area (Å²) in [4.78, 5) is 36.2. The van der Waals surface area contributed by atoms with E-state index < -0.39 is 32.5 Å². The lowest BCUT2D eigenvalue weighted by molar-refractivity contribution is -0.870. The average Bonchev–Trinajstić information content (AvgIpc) is 2.89. The van der Waals surface area contributed by atoms with Crippen LogP contribution < -0.4 is 4.89 Å². The van der Waals surface area contributed by atoms with Gasteiger partial charge in [0.2, 0.25) is 0 Å².